The van der Waals surface area contributed by atoms with Crippen molar-refractivity contribution in [2.24, 2.45) is 0 Å². The van der Waals surface area contributed by atoms with Crippen molar-refractivity contribution in [3.63, 3.8) is 0 Å². The SMILES string of the molecule is CC(=O)N(C)CCn1c(CN2CCC(c3cccc4c3OC(C)(c3ccc(Cl)cc3F)O4)CC2)nc2ccc(C(=O)O)cc21. The Morgan fingerprint density at radius 1 is 1.14 bits per heavy atom. The molecular weight excluding hydrogens is 587 g/mol. The minimum absolute atomic E-state index is 0.0374. The van der Waals surface area contributed by atoms with Gasteiger partial charge in [0.1, 0.15) is 11.6 Å². The van der Waals surface area contributed by atoms with E-state index in [0.29, 0.717) is 36.2 Å². The number of benzene rings is 3. The fraction of sp³-hybridized carbons (Fsp3) is 0.364. The molecule has 3 heterocycles. The average molecular weight is 621 g/mol. The van der Waals surface area contributed by atoms with E-state index < -0.39 is 17.6 Å². The van der Waals surface area contributed by atoms with Gasteiger partial charge in [-0.2, -0.15) is 0 Å². The predicted molar refractivity (Wildman–Crippen MR) is 164 cm³/mol. The summed E-state index contributed by atoms with van der Waals surface area (Å²) in [5.74, 6) is -0.529. The molecule has 3 aromatic carbocycles. The number of likely N-dealkylation sites (N-methyl/N-ethyl adjacent to an activating group) is 1. The standard InChI is InChI=1S/C33H34ClFN4O5/c1-20(40)37(3)15-16-39-28-17-22(32(41)42)7-10-27(28)36-30(39)19-38-13-11-21(12-14-38)24-5-4-6-29-31(24)44-33(2,43-29)25-9-8-23(34)18-26(25)35/h4-10,17-18,21H,11-16,19H2,1-3H3,(H,41,42). The number of aromatic nitrogens is 2. The molecule has 2 aliphatic rings. The summed E-state index contributed by atoms with van der Waals surface area (Å²) in [5.41, 5.74) is 2.99. The van der Waals surface area contributed by atoms with Crippen LogP contribution in [-0.2, 0) is 23.7 Å². The Labute approximate surface area is 259 Å². The van der Waals surface area contributed by atoms with Gasteiger partial charge in [0, 0.05) is 44.6 Å². The summed E-state index contributed by atoms with van der Waals surface area (Å²) in [6.07, 6.45) is 1.75. The Bertz CT molecular complexity index is 1750. The molecule has 0 radical (unpaired) electrons. The fourth-order valence-corrected chi connectivity index (χ4v) is 6.28. The number of hydrogen-bond donors (Lipinski definition) is 1. The van der Waals surface area contributed by atoms with Gasteiger partial charge in [-0.1, -0.05) is 23.7 Å². The van der Waals surface area contributed by atoms with Gasteiger partial charge in [-0.25, -0.2) is 14.2 Å². The van der Waals surface area contributed by atoms with Crippen molar-refractivity contribution < 1.29 is 28.6 Å². The number of ether oxygens (including phenoxy) is 2. The highest BCUT2D eigenvalue weighted by molar-refractivity contribution is 6.30. The monoisotopic (exact) mass is 620 g/mol. The number of amides is 1. The molecule has 1 unspecified atom stereocenters. The summed E-state index contributed by atoms with van der Waals surface area (Å²) in [5, 5.41) is 9.86. The maximum atomic E-state index is 14.8. The van der Waals surface area contributed by atoms with Gasteiger partial charge in [0.15, 0.2) is 11.5 Å². The summed E-state index contributed by atoms with van der Waals surface area (Å²) in [4.78, 5) is 32.3. The van der Waals surface area contributed by atoms with Gasteiger partial charge in [0.25, 0.3) is 5.79 Å². The second kappa shape index (κ2) is 11.7. The molecule has 9 nitrogen and oxygen atoms in total. The average Bonchev–Trinajstić information content (AvgIpc) is 3.52. The predicted octanol–water partition coefficient (Wildman–Crippen LogP) is 6.03. The van der Waals surface area contributed by atoms with Crippen molar-refractivity contribution in [1.82, 2.24) is 19.4 Å². The molecule has 1 amide bonds. The summed E-state index contributed by atoms with van der Waals surface area (Å²) >= 11 is 5.97. The van der Waals surface area contributed by atoms with E-state index in [1.807, 2.05) is 16.7 Å². The summed E-state index contributed by atoms with van der Waals surface area (Å²) in [7, 11) is 1.75. The van der Waals surface area contributed by atoms with E-state index in [4.69, 9.17) is 26.1 Å². The van der Waals surface area contributed by atoms with Crippen LogP contribution in [-0.4, -0.2) is 63.0 Å². The zero-order valence-electron chi connectivity index (χ0n) is 24.8. The van der Waals surface area contributed by atoms with Crippen LogP contribution in [0.2, 0.25) is 5.02 Å². The van der Waals surface area contributed by atoms with Crippen LogP contribution in [0.4, 0.5) is 4.39 Å². The lowest BCUT2D eigenvalue weighted by atomic mass is 9.88. The molecule has 230 valence electrons. The van der Waals surface area contributed by atoms with Crippen LogP contribution in [0.25, 0.3) is 11.0 Å². The van der Waals surface area contributed by atoms with Crippen molar-refractivity contribution in [3.8, 4) is 11.5 Å². The molecule has 1 N–H and O–H groups in total. The second-order valence-electron chi connectivity index (χ2n) is 11.6. The number of nitrogens with zero attached hydrogens (tertiary/aromatic N) is 4. The van der Waals surface area contributed by atoms with Gasteiger partial charge in [0.2, 0.25) is 5.91 Å². The van der Waals surface area contributed by atoms with Crippen molar-refractivity contribution in [2.45, 2.75) is 51.5 Å². The zero-order chi connectivity index (χ0) is 31.2. The number of rotatable bonds is 8. The largest absolute Gasteiger partial charge is 0.478 e. The molecule has 2 aliphatic heterocycles. The Morgan fingerprint density at radius 2 is 1.91 bits per heavy atom. The van der Waals surface area contributed by atoms with Gasteiger partial charge in [-0.15, -0.1) is 0 Å². The maximum Gasteiger partial charge on any atom is 0.335 e. The van der Waals surface area contributed by atoms with E-state index in [2.05, 4.69) is 11.0 Å². The van der Waals surface area contributed by atoms with Crippen molar-refractivity contribution >= 4 is 34.5 Å². The van der Waals surface area contributed by atoms with E-state index in [-0.39, 0.29) is 23.0 Å². The van der Waals surface area contributed by atoms with Gasteiger partial charge in [0.05, 0.1) is 28.7 Å². The lowest BCUT2D eigenvalue weighted by Gasteiger charge is -2.32. The topological polar surface area (TPSA) is 97.1 Å². The lowest BCUT2D eigenvalue weighted by molar-refractivity contribution is -0.127. The van der Waals surface area contributed by atoms with E-state index >= 15 is 0 Å². The van der Waals surface area contributed by atoms with E-state index in [1.54, 1.807) is 49.2 Å². The van der Waals surface area contributed by atoms with Crippen LogP contribution in [0.3, 0.4) is 0 Å². The lowest BCUT2D eigenvalue weighted by Crippen LogP contribution is -2.34. The third kappa shape index (κ3) is 5.71. The first-order chi connectivity index (χ1) is 21.0. The van der Waals surface area contributed by atoms with Crippen LogP contribution < -0.4 is 9.47 Å². The summed E-state index contributed by atoms with van der Waals surface area (Å²) in [6, 6.07) is 15.3. The molecule has 0 aliphatic carbocycles. The van der Waals surface area contributed by atoms with Gasteiger partial charge >= 0.3 is 5.97 Å². The Kier molecular flexibility index (Phi) is 7.98. The highest BCUT2D eigenvalue weighted by atomic mass is 35.5. The highest BCUT2D eigenvalue weighted by Crippen LogP contribution is 2.49. The molecule has 1 aromatic heterocycles. The molecule has 4 aromatic rings. The third-order valence-corrected chi connectivity index (χ3v) is 8.93. The normalized spacial score (nSPS) is 18.6. The Hall–Kier alpha value is -4.15. The Morgan fingerprint density at radius 3 is 2.61 bits per heavy atom. The fourth-order valence-electron chi connectivity index (χ4n) is 6.12. The molecule has 1 atom stereocenters. The highest BCUT2D eigenvalue weighted by Gasteiger charge is 2.43. The first kappa shape index (κ1) is 29.9. The molecule has 1 saturated heterocycles. The Balaban J connectivity index is 1.18. The first-order valence-electron chi connectivity index (χ1n) is 14.7. The number of carbonyl (C=O) groups excluding carboxylic acids is 1. The van der Waals surface area contributed by atoms with Crippen LogP contribution in [0.5, 0.6) is 11.5 Å². The minimum Gasteiger partial charge on any atom is -0.478 e. The molecule has 0 saturated carbocycles. The molecule has 1 fully saturated rings. The van der Waals surface area contributed by atoms with Crippen LogP contribution in [0, 0.1) is 5.82 Å². The second-order valence-corrected chi connectivity index (χ2v) is 12.1. The number of likely N-dealkylation sites (tertiary alicyclic amines) is 1. The number of halogens is 2. The number of piperidine rings is 1. The van der Waals surface area contributed by atoms with Crippen LogP contribution >= 0.6 is 11.6 Å². The maximum absolute atomic E-state index is 14.8. The third-order valence-electron chi connectivity index (χ3n) is 8.69. The number of imidazole rings is 1. The molecular formula is C33H34ClFN4O5. The minimum atomic E-state index is -1.30. The van der Waals surface area contributed by atoms with Crippen LogP contribution in [0.1, 0.15) is 59.9 Å². The number of hydrogen-bond acceptors (Lipinski definition) is 6. The van der Waals surface area contributed by atoms with Gasteiger partial charge in [-0.3, -0.25) is 9.69 Å². The quantitative estimate of drug-likeness (QED) is 0.257. The number of carboxylic acids is 1. The van der Waals surface area contributed by atoms with Crippen molar-refractivity contribution in [2.75, 3.05) is 26.7 Å². The van der Waals surface area contributed by atoms with E-state index in [0.717, 1.165) is 48.4 Å². The smallest absolute Gasteiger partial charge is 0.335 e. The van der Waals surface area contributed by atoms with E-state index in [9.17, 15) is 19.1 Å². The molecule has 0 spiro atoms. The van der Waals surface area contributed by atoms with E-state index in [1.165, 1.54) is 13.0 Å². The molecule has 6 rings (SSSR count). The number of aromatic carboxylic acids is 1. The molecule has 44 heavy (non-hydrogen) atoms. The van der Waals surface area contributed by atoms with Gasteiger partial charge < -0.3 is 24.0 Å². The summed E-state index contributed by atoms with van der Waals surface area (Å²) in [6.45, 7) is 6.44. The first-order valence-corrected chi connectivity index (χ1v) is 15.0. The van der Waals surface area contributed by atoms with Crippen LogP contribution in [0.15, 0.2) is 54.6 Å². The zero-order valence-corrected chi connectivity index (χ0v) is 25.6. The molecule has 11 heteroatoms. The van der Waals surface area contributed by atoms with Crippen molar-refractivity contribution in [1.29, 1.82) is 0 Å². The van der Waals surface area contributed by atoms with Crippen molar-refractivity contribution in [3.05, 3.63) is 88.0 Å². The summed E-state index contributed by atoms with van der Waals surface area (Å²) < 4.78 is 29.4. The molecule has 0 bridgehead atoms. The number of carboxylic acid groups (broad SMARTS) is 1. The van der Waals surface area contributed by atoms with Gasteiger partial charge in [-0.05, 0) is 74.3 Å². The number of carbonyl (C=O) groups is 2. The number of para-hydroxylation sites is 1. The number of fused-ring (bicyclic) bond motifs is 2.